The van der Waals surface area contributed by atoms with Crippen molar-refractivity contribution in [3.8, 4) is 0 Å². The molecule has 0 aliphatic carbocycles. The summed E-state index contributed by atoms with van der Waals surface area (Å²) >= 11 is 3.82. The Morgan fingerprint density at radius 1 is 0.667 bits per heavy atom. The second-order valence-electron chi connectivity index (χ2n) is 8.86. The summed E-state index contributed by atoms with van der Waals surface area (Å²) in [5.74, 6) is 2.28. The third kappa shape index (κ3) is 5.23. The van der Waals surface area contributed by atoms with Crippen molar-refractivity contribution in [3.05, 3.63) is 0 Å². The lowest BCUT2D eigenvalue weighted by molar-refractivity contribution is 0.371. The monoisotopic (exact) mass is 370 g/mol. The second kappa shape index (κ2) is 6.93. The Hall–Kier alpha value is -0.0400. The average Bonchev–Trinajstić information content (AvgIpc) is 2.70. The molecule has 0 bridgehead atoms. The number of hydrogen-bond acceptors (Lipinski definition) is 6. The van der Waals surface area contributed by atoms with E-state index < -0.39 is 0 Å². The number of nitrogens with zero attached hydrogens (tertiary/aromatic N) is 2. The van der Waals surface area contributed by atoms with Crippen LogP contribution in [-0.2, 0) is 0 Å². The Morgan fingerprint density at radius 2 is 1.00 bits per heavy atom. The number of aliphatic imine (C=N–C) groups is 2. The van der Waals surface area contributed by atoms with E-state index in [9.17, 15) is 0 Å². The summed E-state index contributed by atoms with van der Waals surface area (Å²) in [4.78, 5) is 9.65. The molecule has 0 saturated carbocycles. The fraction of sp³-hybridized carbons (Fsp3) is 0.889. The van der Waals surface area contributed by atoms with Gasteiger partial charge < -0.3 is 0 Å². The molecule has 0 radical (unpaired) electrons. The van der Waals surface area contributed by atoms with Crippen molar-refractivity contribution in [2.45, 2.75) is 90.6 Å². The van der Waals surface area contributed by atoms with Crippen molar-refractivity contribution >= 4 is 33.6 Å². The molecule has 138 valence electrons. The molecule has 2 rings (SSSR count). The van der Waals surface area contributed by atoms with Crippen molar-refractivity contribution < 1.29 is 0 Å². The van der Waals surface area contributed by atoms with Gasteiger partial charge in [-0.25, -0.2) is 0 Å². The Labute approximate surface area is 156 Å². The van der Waals surface area contributed by atoms with Gasteiger partial charge >= 0.3 is 0 Å². The molecule has 0 aromatic heterocycles. The molecule has 0 saturated heterocycles. The van der Waals surface area contributed by atoms with Crippen LogP contribution in [0.1, 0.15) is 68.2 Å². The zero-order valence-corrected chi connectivity index (χ0v) is 18.2. The Bertz CT molecular complexity index is 485. The summed E-state index contributed by atoms with van der Waals surface area (Å²) in [6, 6.07) is 0. The van der Waals surface area contributed by atoms with Crippen LogP contribution in [0, 0.1) is 0 Å². The van der Waals surface area contributed by atoms with Gasteiger partial charge in [0.1, 0.15) is 11.3 Å². The summed E-state index contributed by atoms with van der Waals surface area (Å²) in [7, 11) is 0. The number of hydrogen-bond donors (Lipinski definition) is 2. The first-order valence-corrected chi connectivity index (χ1v) is 10.9. The first-order chi connectivity index (χ1) is 10.8. The van der Waals surface area contributed by atoms with Crippen LogP contribution in [0.2, 0.25) is 0 Å². The SMILES string of the molecule is CC1(C)N=C(SCCCCSC2=NC(C)(C)NC2(C)C)C(C)(C)N1. The van der Waals surface area contributed by atoms with Crippen LogP contribution >= 0.6 is 23.5 Å². The number of rotatable bonds is 5. The maximum absolute atomic E-state index is 4.82. The van der Waals surface area contributed by atoms with E-state index >= 15 is 0 Å². The lowest BCUT2D eigenvalue weighted by atomic mass is 10.1. The van der Waals surface area contributed by atoms with Crippen LogP contribution in [0.15, 0.2) is 9.98 Å². The number of unbranched alkanes of at least 4 members (excludes halogenated alkanes) is 1. The molecule has 4 nitrogen and oxygen atoms in total. The zero-order valence-electron chi connectivity index (χ0n) is 16.5. The molecule has 0 unspecified atom stereocenters. The van der Waals surface area contributed by atoms with Gasteiger partial charge in [0.05, 0.1) is 21.2 Å². The second-order valence-corrected chi connectivity index (χ2v) is 11.0. The molecule has 2 heterocycles. The maximum Gasteiger partial charge on any atom is 0.106 e. The molecule has 2 aliphatic rings. The van der Waals surface area contributed by atoms with Crippen LogP contribution in [0.25, 0.3) is 0 Å². The van der Waals surface area contributed by atoms with E-state index in [1.807, 2.05) is 23.5 Å². The molecule has 0 fully saturated rings. The van der Waals surface area contributed by atoms with Gasteiger partial charge in [-0.3, -0.25) is 20.6 Å². The number of nitrogens with one attached hydrogen (secondary N) is 2. The molecule has 2 N–H and O–H groups in total. The average molecular weight is 371 g/mol. The van der Waals surface area contributed by atoms with Crippen molar-refractivity contribution in [2.24, 2.45) is 9.98 Å². The van der Waals surface area contributed by atoms with Gasteiger partial charge in [-0.2, -0.15) is 0 Å². The first kappa shape index (κ1) is 20.3. The predicted molar refractivity (Wildman–Crippen MR) is 112 cm³/mol. The normalized spacial score (nSPS) is 26.3. The quantitative estimate of drug-likeness (QED) is 0.710. The Kier molecular flexibility index (Phi) is 5.86. The molecule has 0 amide bonds. The largest absolute Gasteiger partial charge is 0.283 e. The van der Waals surface area contributed by atoms with Gasteiger partial charge in [0.25, 0.3) is 0 Å². The molecule has 6 heteroatoms. The highest BCUT2D eigenvalue weighted by atomic mass is 32.2. The minimum atomic E-state index is -0.131. The van der Waals surface area contributed by atoms with Crippen molar-refractivity contribution in [3.63, 3.8) is 0 Å². The first-order valence-electron chi connectivity index (χ1n) is 8.88. The van der Waals surface area contributed by atoms with Gasteiger partial charge in [0.2, 0.25) is 0 Å². The minimum Gasteiger partial charge on any atom is -0.283 e. The molecular formula is C18H34N4S2. The van der Waals surface area contributed by atoms with E-state index in [-0.39, 0.29) is 22.4 Å². The van der Waals surface area contributed by atoms with Crippen molar-refractivity contribution in [2.75, 3.05) is 11.5 Å². The lowest BCUT2D eigenvalue weighted by Crippen LogP contribution is -2.47. The van der Waals surface area contributed by atoms with Crippen LogP contribution in [0.3, 0.4) is 0 Å². The molecule has 24 heavy (non-hydrogen) atoms. The van der Waals surface area contributed by atoms with E-state index in [1.165, 1.54) is 22.9 Å². The van der Waals surface area contributed by atoms with Crippen LogP contribution in [0.4, 0.5) is 0 Å². The Balaban J connectivity index is 1.70. The highest BCUT2D eigenvalue weighted by Crippen LogP contribution is 2.31. The molecule has 2 aliphatic heterocycles. The molecule has 0 aromatic carbocycles. The van der Waals surface area contributed by atoms with Gasteiger partial charge in [-0.15, -0.1) is 23.5 Å². The standard InChI is InChI=1S/C18H34N4S2/c1-15(2)13(19-17(5,6)21-15)23-11-9-10-12-24-14-16(3,4)22-18(7,8)20-14/h21-22H,9-12H2,1-8H3. The highest BCUT2D eigenvalue weighted by molar-refractivity contribution is 8.14. The fourth-order valence-electron chi connectivity index (χ4n) is 3.45. The molecular weight excluding hydrogens is 336 g/mol. The smallest absolute Gasteiger partial charge is 0.106 e. The van der Waals surface area contributed by atoms with E-state index in [0.717, 1.165) is 11.5 Å². The van der Waals surface area contributed by atoms with Gasteiger partial charge in [-0.05, 0) is 79.7 Å². The summed E-state index contributed by atoms with van der Waals surface area (Å²) in [5.41, 5.74) is -0.257. The van der Waals surface area contributed by atoms with Gasteiger partial charge in [-0.1, -0.05) is 0 Å². The van der Waals surface area contributed by atoms with Crippen molar-refractivity contribution in [1.82, 2.24) is 10.6 Å². The Morgan fingerprint density at radius 3 is 1.25 bits per heavy atom. The molecule has 0 spiro atoms. The summed E-state index contributed by atoms with van der Waals surface area (Å²) in [6.45, 7) is 17.4. The van der Waals surface area contributed by atoms with E-state index in [0.29, 0.717) is 0 Å². The topological polar surface area (TPSA) is 48.8 Å². The molecule has 0 aromatic rings. The molecule has 0 atom stereocenters. The highest BCUT2D eigenvalue weighted by Gasteiger charge is 2.39. The number of thioether (sulfide) groups is 2. The third-order valence-electron chi connectivity index (χ3n) is 4.08. The van der Waals surface area contributed by atoms with E-state index in [1.54, 1.807) is 0 Å². The van der Waals surface area contributed by atoms with Crippen molar-refractivity contribution in [1.29, 1.82) is 0 Å². The maximum atomic E-state index is 4.82. The van der Waals surface area contributed by atoms with Crippen LogP contribution in [-0.4, -0.2) is 44.0 Å². The summed E-state index contributed by atoms with van der Waals surface area (Å²) < 4.78 is 0. The lowest BCUT2D eigenvalue weighted by Gasteiger charge is -2.25. The summed E-state index contributed by atoms with van der Waals surface area (Å²) in [5, 5.41) is 9.63. The third-order valence-corrected chi connectivity index (χ3v) is 6.82. The van der Waals surface area contributed by atoms with Gasteiger partial charge in [0.15, 0.2) is 0 Å². The van der Waals surface area contributed by atoms with Gasteiger partial charge in [0, 0.05) is 0 Å². The van der Waals surface area contributed by atoms with Crippen LogP contribution in [0.5, 0.6) is 0 Å². The zero-order chi connectivity index (χ0) is 18.2. The summed E-state index contributed by atoms with van der Waals surface area (Å²) in [6.07, 6.45) is 2.44. The predicted octanol–water partition coefficient (Wildman–Crippen LogP) is 4.27. The fourth-order valence-corrected chi connectivity index (χ4v) is 5.94. The van der Waals surface area contributed by atoms with Crippen LogP contribution < -0.4 is 10.6 Å². The minimum absolute atomic E-state index is 0.00275. The van der Waals surface area contributed by atoms with E-state index in [2.05, 4.69) is 66.0 Å². The van der Waals surface area contributed by atoms with E-state index in [4.69, 9.17) is 9.98 Å².